The van der Waals surface area contributed by atoms with E-state index in [9.17, 15) is 32.4 Å². The molecule has 2 heterocycles. The maximum atomic E-state index is 15.1. The molecule has 13 nitrogen and oxygen atoms in total. The van der Waals surface area contributed by atoms with Crippen LogP contribution in [0.3, 0.4) is 0 Å². The third-order valence-corrected chi connectivity index (χ3v) is 8.27. The highest BCUT2D eigenvalue weighted by atomic mass is 32.2. The molecule has 0 fully saturated rings. The number of aromatic nitrogens is 3. The van der Waals surface area contributed by atoms with Gasteiger partial charge in [0.25, 0.3) is 27.4 Å². The molecule has 4 rings (SSSR count). The van der Waals surface area contributed by atoms with Crippen molar-refractivity contribution in [1.82, 2.24) is 24.8 Å². The highest BCUT2D eigenvalue weighted by Crippen LogP contribution is 2.23. The zero-order valence-corrected chi connectivity index (χ0v) is 27.3. The molecular formula is C31H31BF2N6O7S. The number of anilines is 1. The first kappa shape index (κ1) is 35.4. The minimum atomic E-state index is -4.43. The van der Waals surface area contributed by atoms with Crippen LogP contribution in [0, 0.1) is 11.6 Å². The Bertz CT molecular complexity index is 2130. The van der Waals surface area contributed by atoms with E-state index in [1.165, 1.54) is 62.2 Å². The average molecular weight is 680 g/mol. The van der Waals surface area contributed by atoms with Crippen LogP contribution in [0.25, 0.3) is 5.82 Å². The second-order valence-corrected chi connectivity index (χ2v) is 13.6. The van der Waals surface area contributed by atoms with E-state index in [1.54, 1.807) is 20.8 Å². The average Bonchev–Trinajstić information content (AvgIpc) is 3.00. The fourth-order valence-corrected chi connectivity index (χ4v) is 5.47. The van der Waals surface area contributed by atoms with Gasteiger partial charge in [0.15, 0.2) is 7.85 Å². The van der Waals surface area contributed by atoms with Crippen LogP contribution in [-0.2, 0) is 28.3 Å². The van der Waals surface area contributed by atoms with Crippen LogP contribution in [0.4, 0.5) is 14.5 Å². The molecule has 0 radical (unpaired) electrons. The van der Waals surface area contributed by atoms with E-state index in [1.807, 2.05) is 4.72 Å². The van der Waals surface area contributed by atoms with E-state index < -0.39 is 73.2 Å². The summed E-state index contributed by atoms with van der Waals surface area (Å²) >= 11 is 0. The Labute approximate surface area is 274 Å². The van der Waals surface area contributed by atoms with Gasteiger partial charge in [0, 0.05) is 49.1 Å². The van der Waals surface area contributed by atoms with Crippen molar-refractivity contribution in [3.63, 3.8) is 0 Å². The molecule has 250 valence electrons. The highest BCUT2D eigenvalue weighted by Gasteiger charge is 2.25. The number of carbonyl (C=O) groups is 3. The number of sulfonamides is 1. The molecule has 0 aliphatic rings. The monoisotopic (exact) mass is 680 g/mol. The van der Waals surface area contributed by atoms with Crippen molar-refractivity contribution < 1.29 is 31.6 Å². The van der Waals surface area contributed by atoms with Crippen molar-refractivity contribution in [1.29, 1.82) is 0 Å². The number of nitrogens with zero attached hydrogens (tertiary/aromatic N) is 3. The Balaban J connectivity index is 1.48. The SMILES string of the molecule is BC(=O)[C@H](Cc1ccc(-n2c(=O)ccn(C)c2=O)nc1)NC(=O)c1cc(F)c(NS(=O)(=O)c2ccc(C(=O)NC(C)(C)C)cc2)cc1F. The molecule has 2 aromatic carbocycles. The van der Waals surface area contributed by atoms with Gasteiger partial charge in [-0.1, -0.05) is 6.07 Å². The van der Waals surface area contributed by atoms with E-state index >= 15 is 8.78 Å². The van der Waals surface area contributed by atoms with Crippen molar-refractivity contribution in [2.24, 2.45) is 7.05 Å². The molecule has 48 heavy (non-hydrogen) atoms. The second-order valence-electron chi connectivity index (χ2n) is 11.9. The first-order chi connectivity index (χ1) is 22.4. The maximum Gasteiger partial charge on any atom is 0.336 e. The predicted molar refractivity (Wildman–Crippen MR) is 174 cm³/mol. The minimum Gasteiger partial charge on any atom is -0.347 e. The molecule has 0 saturated carbocycles. The summed E-state index contributed by atoms with van der Waals surface area (Å²) in [5.41, 5.74) is -3.24. The normalized spacial score (nSPS) is 12.2. The summed E-state index contributed by atoms with van der Waals surface area (Å²) in [6.07, 6.45) is 2.49. The number of halogens is 2. The molecule has 0 bridgehead atoms. The standard InChI is InChI=1S/C31H31BF2N6O7S/c1-31(2,3)37-28(43)18-6-8-19(9-7-18)48(46,47)38-23-15-21(33)20(14-22(23)34)29(44)36-24(27(32)42)13-17-5-10-25(35-16-17)40-26(41)11-12-39(4)30(40)45/h5-12,14-16,24,38H,13,32H2,1-4H3,(H,36,44)(H,37,43)/t24-/m0/s1. The number of hydrogen-bond acceptors (Lipinski definition) is 8. The van der Waals surface area contributed by atoms with Gasteiger partial charge in [-0.15, -0.1) is 0 Å². The number of amides is 2. The molecule has 1 atom stereocenters. The topological polar surface area (TPSA) is 178 Å². The lowest BCUT2D eigenvalue weighted by Gasteiger charge is -2.20. The molecule has 4 aromatic rings. The van der Waals surface area contributed by atoms with Crippen LogP contribution in [0.15, 0.2) is 81.5 Å². The fraction of sp³-hybridized carbons (Fsp3) is 0.226. The van der Waals surface area contributed by atoms with Crippen LogP contribution >= 0.6 is 0 Å². The lowest BCUT2D eigenvalue weighted by atomic mass is 9.90. The Kier molecular flexibility index (Phi) is 10.1. The number of hydrogen-bond donors (Lipinski definition) is 3. The molecule has 0 aliphatic heterocycles. The number of aryl methyl sites for hydroxylation is 1. The summed E-state index contributed by atoms with van der Waals surface area (Å²) in [6, 6.07) is 8.63. The predicted octanol–water partition coefficient (Wildman–Crippen LogP) is 1.04. The quantitative estimate of drug-likeness (QED) is 0.208. The van der Waals surface area contributed by atoms with Crippen molar-refractivity contribution in [2.75, 3.05) is 4.72 Å². The van der Waals surface area contributed by atoms with Crippen LogP contribution in [0.5, 0.6) is 0 Å². The van der Waals surface area contributed by atoms with Crippen molar-refractivity contribution in [3.05, 3.63) is 116 Å². The number of pyridine rings is 1. The third-order valence-electron chi connectivity index (χ3n) is 6.89. The Morgan fingerprint density at radius 3 is 2.21 bits per heavy atom. The van der Waals surface area contributed by atoms with E-state index in [0.717, 1.165) is 16.7 Å². The first-order valence-electron chi connectivity index (χ1n) is 14.4. The van der Waals surface area contributed by atoms with Crippen LogP contribution in [0.1, 0.15) is 47.1 Å². The van der Waals surface area contributed by atoms with Gasteiger partial charge in [0.05, 0.1) is 22.2 Å². The number of nitrogens with one attached hydrogen (secondary N) is 3. The Hall–Kier alpha value is -5.45. The Morgan fingerprint density at radius 1 is 0.958 bits per heavy atom. The summed E-state index contributed by atoms with van der Waals surface area (Å²) in [6.45, 7) is 5.33. The van der Waals surface area contributed by atoms with Gasteiger partial charge in [-0.3, -0.25) is 19.1 Å². The maximum absolute atomic E-state index is 15.1. The first-order valence-corrected chi connectivity index (χ1v) is 15.8. The van der Waals surface area contributed by atoms with Gasteiger partial charge in [-0.2, -0.15) is 0 Å². The molecule has 3 N–H and O–H groups in total. The molecule has 17 heteroatoms. The molecule has 0 aliphatic carbocycles. The van der Waals surface area contributed by atoms with E-state index in [4.69, 9.17) is 0 Å². The van der Waals surface area contributed by atoms with Gasteiger partial charge in [-0.05, 0) is 62.7 Å². The van der Waals surface area contributed by atoms with Crippen LogP contribution < -0.4 is 26.6 Å². The van der Waals surface area contributed by atoms with Crippen molar-refractivity contribution in [3.8, 4) is 5.82 Å². The lowest BCUT2D eigenvalue weighted by Crippen LogP contribution is -2.43. The zero-order chi connectivity index (χ0) is 35.6. The molecule has 2 aromatic heterocycles. The van der Waals surface area contributed by atoms with E-state index in [-0.39, 0.29) is 22.7 Å². The summed E-state index contributed by atoms with van der Waals surface area (Å²) in [5, 5.41) is 5.07. The van der Waals surface area contributed by atoms with E-state index in [0.29, 0.717) is 17.7 Å². The number of carbonyl (C=O) groups excluding carboxylic acids is 3. The lowest BCUT2D eigenvalue weighted by molar-refractivity contribution is -0.113. The molecular weight excluding hydrogens is 649 g/mol. The summed E-state index contributed by atoms with van der Waals surface area (Å²) in [7, 11) is -1.79. The number of benzene rings is 2. The molecule has 0 spiro atoms. The molecule has 0 saturated heterocycles. The second kappa shape index (κ2) is 13.7. The summed E-state index contributed by atoms with van der Waals surface area (Å²) < 4.78 is 59.8. The molecule has 2 amide bonds. The number of rotatable bonds is 10. The van der Waals surface area contributed by atoms with Crippen molar-refractivity contribution in [2.45, 2.75) is 43.7 Å². The van der Waals surface area contributed by atoms with Gasteiger partial charge in [-0.25, -0.2) is 31.5 Å². The van der Waals surface area contributed by atoms with Gasteiger partial charge >= 0.3 is 5.69 Å². The fourth-order valence-electron chi connectivity index (χ4n) is 4.42. The van der Waals surface area contributed by atoms with Crippen LogP contribution in [-0.4, -0.2) is 59.5 Å². The summed E-state index contributed by atoms with van der Waals surface area (Å²) in [4.78, 5) is 65.9. The highest BCUT2D eigenvalue weighted by molar-refractivity contribution is 7.92. The van der Waals surface area contributed by atoms with Gasteiger partial charge in [0.1, 0.15) is 23.1 Å². The summed E-state index contributed by atoms with van der Waals surface area (Å²) in [5.74, 6) is -4.09. The molecule has 0 unspecified atom stereocenters. The van der Waals surface area contributed by atoms with Crippen LogP contribution in [0.2, 0.25) is 0 Å². The van der Waals surface area contributed by atoms with Crippen molar-refractivity contribution >= 4 is 41.1 Å². The third kappa shape index (κ3) is 8.28. The van der Waals surface area contributed by atoms with E-state index in [2.05, 4.69) is 15.6 Å². The largest absolute Gasteiger partial charge is 0.347 e. The van der Waals surface area contributed by atoms with Gasteiger partial charge in [0.2, 0.25) is 0 Å². The Morgan fingerprint density at radius 2 is 1.62 bits per heavy atom. The zero-order valence-electron chi connectivity index (χ0n) is 26.5. The minimum absolute atomic E-state index is 0.0298. The smallest absolute Gasteiger partial charge is 0.336 e. The van der Waals surface area contributed by atoms with Gasteiger partial charge < -0.3 is 20.0 Å².